The quantitative estimate of drug-likeness (QED) is 0.663. The number of pyridine rings is 1. The Hall–Kier alpha value is -1.52. The lowest BCUT2D eigenvalue weighted by Crippen LogP contribution is -2.22. The van der Waals surface area contributed by atoms with Gasteiger partial charge in [0.15, 0.2) is 0 Å². The number of aryl methyl sites for hydroxylation is 1. The first-order valence-corrected chi connectivity index (χ1v) is 5.03. The summed E-state index contributed by atoms with van der Waals surface area (Å²) in [5.41, 5.74) is 1.44. The zero-order valence-corrected chi connectivity index (χ0v) is 9.86. The average molecular weight is 218 g/mol. The van der Waals surface area contributed by atoms with Crippen LogP contribution in [-0.2, 0) is 11.2 Å². The maximum absolute atomic E-state index is 11.4. The van der Waals surface area contributed by atoms with Crippen LogP contribution in [0.25, 0.3) is 0 Å². The van der Waals surface area contributed by atoms with Crippen LogP contribution in [-0.4, -0.2) is 44.8 Å². The Balaban J connectivity index is 2.72. The van der Waals surface area contributed by atoms with Crippen molar-refractivity contribution in [3.8, 4) is 5.88 Å². The number of nitrogens with zero attached hydrogens (tertiary/aromatic N) is 2. The Kier molecular flexibility index (Phi) is 4.34. The summed E-state index contributed by atoms with van der Waals surface area (Å²) in [6.45, 7) is 0. The molecule has 1 aromatic heterocycles. The molecule has 0 N–H and O–H groups in total. The molecule has 0 bridgehead atoms. The number of aromatic nitrogens is 1. The van der Waals surface area contributed by atoms with Crippen molar-refractivity contribution in [2.24, 2.45) is 0 Å². The minimum atomic E-state index is 0.0736. The van der Waals surface area contributed by atoms with Gasteiger partial charge in [-0.25, -0.2) is 4.98 Å². The van der Waals surface area contributed by atoms with Crippen LogP contribution in [0.4, 0.5) is 0 Å². The van der Waals surface area contributed by atoms with Crippen molar-refractivity contribution in [1.29, 1.82) is 0 Å². The first kappa shape index (κ1) is 12.6. The van der Waals surface area contributed by atoms with Gasteiger partial charge in [0.25, 0.3) is 0 Å². The van der Waals surface area contributed by atoms with E-state index in [1.807, 2.05) is 0 Å². The highest BCUT2D eigenvalue weighted by molar-refractivity contribution is 6.32. The van der Waals surface area contributed by atoms with Crippen LogP contribution in [0, 0.1) is 0 Å². The van der Waals surface area contributed by atoms with E-state index in [1.165, 1.54) is 6.20 Å². The Morgan fingerprint density at radius 1 is 1.56 bits per heavy atom. The third-order valence-corrected chi connectivity index (χ3v) is 2.25. The van der Waals surface area contributed by atoms with E-state index < -0.39 is 0 Å². The van der Waals surface area contributed by atoms with Gasteiger partial charge in [-0.05, 0) is 6.42 Å². The number of ether oxygens (including phenoxy) is 1. The molecule has 4 nitrogen and oxygen atoms in total. The molecule has 0 spiro atoms. The highest BCUT2D eigenvalue weighted by atomic mass is 16.5. The van der Waals surface area contributed by atoms with E-state index in [-0.39, 0.29) is 5.91 Å². The van der Waals surface area contributed by atoms with Crippen molar-refractivity contribution >= 4 is 19.2 Å². The second-order valence-corrected chi connectivity index (χ2v) is 3.73. The van der Waals surface area contributed by atoms with E-state index in [0.29, 0.717) is 24.2 Å². The minimum Gasteiger partial charge on any atom is -0.481 e. The Bertz CT molecular complexity index is 380. The van der Waals surface area contributed by atoms with E-state index >= 15 is 0 Å². The van der Waals surface area contributed by atoms with Crippen molar-refractivity contribution in [3.05, 3.63) is 17.8 Å². The molecule has 84 valence electrons. The smallest absolute Gasteiger partial charge is 0.222 e. The summed E-state index contributed by atoms with van der Waals surface area (Å²) >= 11 is 0. The molecule has 0 aliphatic rings. The zero-order chi connectivity index (χ0) is 12.1. The lowest BCUT2D eigenvalue weighted by atomic mass is 9.96. The molecule has 0 fully saturated rings. The fraction of sp³-hybridized carbons (Fsp3) is 0.455. The molecule has 0 saturated carbocycles. The second-order valence-electron chi connectivity index (χ2n) is 3.73. The number of carbonyl (C=O) groups is 1. The number of carbonyl (C=O) groups excluding carboxylic acids is 1. The van der Waals surface area contributed by atoms with Gasteiger partial charge < -0.3 is 9.64 Å². The monoisotopic (exact) mass is 218 g/mol. The summed E-state index contributed by atoms with van der Waals surface area (Å²) in [6, 6.07) is 1.79. The van der Waals surface area contributed by atoms with Crippen molar-refractivity contribution in [3.63, 3.8) is 0 Å². The molecular weight excluding hydrogens is 203 g/mol. The molecule has 1 amide bonds. The highest BCUT2D eigenvalue weighted by Gasteiger charge is 2.09. The Morgan fingerprint density at radius 2 is 2.25 bits per heavy atom. The van der Waals surface area contributed by atoms with Crippen molar-refractivity contribution in [1.82, 2.24) is 9.88 Å². The molecule has 2 radical (unpaired) electrons. The fourth-order valence-electron chi connectivity index (χ4n) is 1.34. The minimum absolute atomic E-state index is 0.0736. The Labute approximate surface area is 97.0 Å². The van der Waals surface area contributed by atoms with Gasteiger partial charge in [0.2, 0.25) is 11.8 Å². The van der Waals surface area contributed by atoms with Crippen LogP contribution < -0.4 is 10.2 Å². The molecular formula is C11H15BN2O2. The number of hydrogen-bond acceptors (Lipinski definition) is 3. The number of amides is 1. The predicted octanol–water partition coefficient (Wildman–Crippen LogP) is -0.0952. The number of methoxy groups -OCH3 is 1. The maximum Gasteiger partial charge on any atom is 0.222 e. The average Bonchev–Trinajstić information content (AvgIpc) is 2.25. The van der Waals surface area contributed by atoms with Gasteiger partial charge in [0.1, 0.15) is 7.85 Å². The number of rotatable bonds is 4. The fourth-order valence-corrected chi connectivity index (χ4v) is 1.34. The highest BCUT2D eigenvalue weighted by Crippen LogP contribution is 2.14. The van der Waals surface area contributed by atoms with Gasteiger partial charge in [-0.15, -0.1) is 0 Å². The molecule has 0 atom stereocenters. The van der Waals surface area contributed by atoms with Crippen molar-refractivity contribution < 1.29 is 9.53 Å². The van der Waals surface area contributed by atoms with E-state index in [0.717, 1.165) is 5.56 Å². The van der Waals surface area contributed by atoms with Gasteiger partial charge in [0, 0.05) is 32.3 Å². The zero-order valence-electron chi connectivity index (χ0n) is 9.86. The van der Waals surface area contributed by atoms with Crippen molar-refractivity contribution in [2.75, 3.05) is 21.2 Å². The van der Waals surface area contributed by atoms with Gasteiger partial charge in [-0.2, -0.15) is 0 Å². The molecule has 0 aromatic carbocycles. The largest absolute Gasteiger partial charge is 0.481 e. The molecule has 5 heteroatoms. The standard InChI is InChI=1S/C11H15BN2O2/c1-14(2)10(15)5-4-8-6-9(12)7-13-11(8)16-3/h6-7H,4-5H2,1-3H3. The van der Waals surface area contributed by atoms with Gasteiger partial charge in [-0.1, -0.05) is 11.5 Å². The first-order chi connectivity index (χ1) is 7.54. The molecule has 1 aromatic rings. The summed E-state index contributed by atoms with van der Waals surface area (Å²) < 4.78 is 5.10. The van der Waals surface area contributed by atoms with Gasteiger partial charge in [0.05, 0.1) is 7.11 Å². The maximum atomic E-state index is 11.4. The molecule has 1 rings (SSSR count). The summed E-state index contributed by atoms with van der Waals surface area (Å²) in [5, 5.41) is 0. The van der Waals surface area contributed by atoms with Crippen LogP contribution in [0.3, 0.4) is 0 Å². The second kappa shape index (κ2) is 5.54. The van der Waals surface area contributed by atoms with Crippen LogP contribution in [0.5, 0.6) is 5.88 Å². The third kappa shape index (κ3) is 3.26. The SMILES string of the molecule is [B]c1cnc(OC)c(CCC(=O)N(C)C)c1. The summed E-state index contributed by atoms with van der Waals surface area (Å²) in [6.07, 6.45) is 2.54. The number of hydrogen-bond donors (Lipinski definition) is 0. The summed E-state index contributed by atoms with van der Waals surface area (Å²) in [7, 11) is 10.7. The van der Waals surface area contributed by atoms with E-state index in [9.17, 15) is 4.79 Å². The lowest BCUT2D eigenvalue weighted by molar-refractivity contribution is -0.128. The van der Waals surface area contributed by atoms with Crippen LogP contribution in [0.2, 0.25) is 0 Å². The predicted molar refractivity (Wildman–Crippen MR) is 63.2 cm³/mol. The van der Waals surface area contributed by atoms with Gasteiger partial charge in [-0.3, -0.25) is 4.79 Å². The first-order valence-electron chi connectivity index (χ1n) is 5.03. The Morgan fingerprint density at radius 3 is 2.81 bits per heavy atom. The van der Waals surface area contributed by atoms with Gasteiger partial charge >= 0.3 is 0 Å². The molecule has 0 aliphatic heterocycles. The van der Waals surface area contributed by atoms with E-state index in [4.69, 9.17) is 12.6 Å². The van der Waals surface area contributed by atoms with Crippen LogP contribution in [0.15, 0.2) is 12.3 Å². The third-order valence-electron chi connectivity index (χ3n) is 2.25. The van der Waals surface area contributed by atoms with E-state index in [1.54, 1.807) is 32.2 Å². The van der Waals surface area contributed by atoms with Crippen LogP contribution in [0.1, 0.15) is 12.0 Å². The molecule has 0 saturated heterocycles. The lowest BCUT2D eigenvalue weighted by Gasteiger charge is -2.11. The molecule has 0 aliphatic carbocycles. The summed E-state index contributed by atoms with van der Waals surface area (Å²) in [4.78, 5) is 17.0. The normalized spacial score (nSPS) is 9.94. The topological polar surface area (TPSA) is 42.4 Å². The molecule has 16 heavy (non-hydrogen) atoms. The van der Waals surface area contributed by atoms with Crippen LogP contribution >= 0.6 is 0 Å². The van der Waals surface area contributed by atoms with E-state index in [2.05, 4.69) is 4.98 Å². The van der Waals surface area contributed by atoms with Crippen molar-refractivity contribution in [2.45, 2.75) is 12.8 Å². The summed E-state index contributed by atoms with van der Waals surface area (Å²) in [5.74, 6) is 0.602. The molecule has 0 unspecified atom stereocenters. The molecule has 1 heterocycles.